The molecule has 1 aromatic heterocycles. The third-order valence-electron chi connectivity index (χ3n) is 2.86. The Morgan fingerprint density at radius 3 is 2.76 bits per heavy atom. The molecule has 0 spiro atoms. The number of hydrogen-bond donors (Lipinski definition) is 2. The van der Waals surface area contributed by atoms with Crippen molar-refractivity contribution in [1.82, 2.24) is 9.71 Å². The topological polar surface area (TPSA) is 85.1 Å². The van der Waals surface area contributed by atoms with Gasteiger partial charge in [-0.2, -0.15) is 0 Å². The molecule has 0 saturated heterocycles. The fourth-order valence-electron chi connectivity index (χ4n) is 1.80. The predicted octanol–water partition coefficient (Wildman–Crippen LogP) is 2.19. The van der Waals surface area contributed by atoms with Crippen LogP contribution in [0, 0.1) is 6.92 Å². The Labute approximate surface area is 136 Å². The van der Waals surface area contributed by atoms with Crippen molar-refractivity contribution in [1.29, 1.82) is 0 Å². The molecule has 2 aromatic rings. The van der Waals surface area contributed by atoms with Crippen LogP contribution in [0.1, 0.15) is 16.3 Å². The van der Waals surface area contributed by atoms with Crippen molar-refractivity contribution in [2.45, 2.75) is 24.8 Å². The zero-order valence-electron chi connectivity index (χ0n) is 11.5. The number of rotatable bonds is 6. The van der Waals surface area contributed by atoms with E-state index in [2.05, 4.69) is 25.6 Å². The minimum absolute atomic E-state index is 0.217. The van der Waals surface area contributed by atoms with E-state index in [1.807, 2.05) is 12.3 Å². The van der Waals surface area contributed by atoms with Gasteiger partial charge in [0.2, 0.25) is 10.0 Å². The van der Waals surface area contributed by atoms with Crippen LogP contribution in [0.5, 0.6) is 0 Å². The van der Waals surface area contributed by atoms with Gasteiger partial charge in [-0.05, 0) is 40.5 Å². The molecule has 0 unspecified atom stereocenters. The molecule has 0 bridgehead atoms. The molecule has 0 radical (unpaired) electrons. The Hall–Kier alpha value is -0.800. The number of aromatic nitrogens is 1. The molecule has 0 fully saturated rings. The second-order valence-electron chi connectivity index (χ2n) is 4.47. The van der Waals surface area contributed by atoms with Gasteiger partial charge in [0, 0.05) is 29.4 Å². The quantitative estimate of drug-likeness (QED) is 0.792. The molecule has 1 aromatic carbocycles. The fraction of sp³-hybridized carbons (Fsp3) is 0.308. The third-order valence-corrected chi connectivity index (χ3v) is 6.12. The van der Waals surface area contributed by atoms with E-state index < -0.39 is 10.0 Å². The Balaban J connectivity index is 2.04. The lowest BCUT2D eigenvalue weighted by Crippen LogP contribution is -2.26. The van der Waals surface area contributed by atoms with Gasteiger partial charge < -0.3 is 5.73 Å². The summed E-state index contributed by atoms with van der Waals surface area (Å²) in [4.78, 5) is 4.52. The zero-order valence-corrected chi connectivity index (χ0v) is 14.7. The molecule has 5 nitrogen and oxygen atoms in total. The summed E-state index contributed by atoms with van der Waals surface area (Å²) in [5, 5.41) is 2.92. The number of thiazole rings is 1. The molecule has 0 saturated carbocycles. The maximum absolute atomic E-state index is 12.3. The predicted molar refractivity (Wildman–Crippen MR) is 87.8 cm³/mol. The fourth-order valence-corrected chi connectivity index (χ4v) is 4.61. The lowest BCUT2D eigenvalue weighted by molar-refractivity contribution is 0.581. The van der Waals surface area contributed by atoms with E-state index in [1.54, 1.807) is 29.5 Å². The van der Waals surface area contributed by atoms with Gasteiger partial charge in [-0.15, -0.1) is 11.3 Å². The van der Waals surface area contributed by atoms with Crippen LogP contribution in [0.2, 0.25) is 0 Å². The van der Waals surface area contributed by atoms with Gasteiger partial charge in [0.1, 0.15) is 0 Å². The average molecular weight is 390 g/mol. The molecule has 114 valence electrons. The Bertz CT molecular complexity index is 729. The van der Waals surface area contributed by atoms with E-state index in [1.165, 1.54) is 0 Å². The van der Waals surface area contributed by atoms with E-state index >= 15 is 0 Å². The molecule has 0 amide bonds. The first-order valence-corrected chi connectivity index (χ1v) is 9.47. The van der Waals surface area contributed by atoms with Crippen LogP contribution >= 0.6 is 27.3 Å². The first-order chi connectivity index (χ1) is 9.92. The number of nitrogens with two attached hydrogens (primary N) is 1. The van der Waals surface area contributed by atoms with Gasteiger partial charge in [0.25, 0.3) is 0 Å². The van der Waals surface area contributed by atoms with Crippen molar-refractivity contribution in [2.24, 2.45) is 5.73 Å². The standard InChI is InChI=1S/C13H16BrN3O2S2/c1-9-17-11(8-20-9)4-5-16-21(18,19)13-3-2-10(7-15)6-12(13)14/h2-3,6,8,16H,4-5,7,15H2,1H3. The summed E-state index contributed by atoms with van der Waals surface area (Å²) in [7, 11) is -3.54. The number of nitrogens with zero attached hydrogens (tertiary/aromatic N) is 1. The molecule has 3 N–H and O–H groups in total. The van der Waals surface area contributed by atoms with E-state index in [-0.39, 0.29) is 4.90 Å². The minimum Gasteiger partial charge on any atom is -0.326 e. The Kier molecular flexibility index (Phi) is 5.50. The number of benzene rings is 1. The summed E-state index contributed by atoms with van der Waals surface area (Å²) in [5.41, 5.74) is 7.31. The smallest absolute Gasteiger partial charge is 0.241 e. The molecule has 2 rings (SSSR count). The maximum atomic E-state index is 12.3. The minimum atomic E-state index is -3.54. The van der Waals surface area contributed by atoms with Crippen molar-refractivity contribution in [3.63, 3.8) is 0 Å². The molecular formula is C13H16BrN3O2S2. The van der Waals surface area contributed by atoms with Gasteiger partial charge in [-0.25, -0.2) is 18.1 Å². The van der Waals surface area contributed by atoms with Gasteiger partial charge in [-0.3, -0.25) is 0 Å². The second kappa shape index (κ2) is 6.97. The molecular weight excluding hydrogens is 374 g/mol. The van der Waals surface area contributed by atoms with Crippen LogP contribution in [-0.2, 0) is 23.0 Å². The van der Waals surface area contributed by atoms with E-state index in [9.17, 15) is 8.42 Å². The first kappa shape index (κ1) is 16.6. The Morgan fingerprint density at radius 2 is 2.19 bits per heavy atom. The summed E-state index contributed by atoms with van der Waals surface area (Å²) in [6.07, 6.45) is 0.572. The number of halogens is 1. The van der Waals surface area contributed by atoms with Crippen LogP contribution in [0.4, 0.5) is 0 Å². The molecule has 0 atom stereocenters. The van der Waals surface area contributed by atoms with Gasteiger partial charge >= 0.3 is 0 Å². The highest BCUT2D eigenvalue weighted by Crippen LogP contribution is 2.23. The lowest BCUT2D eigenvalue weighted by Gasteiger charge is -2.09. The van der Waals surface area contributed by atoms with Crippen LogP contribution in [-0.4, -0.2) is 19.9 Å². The van der Waals surface area contributed by atoms with Crippen molar-refractivity contribution < 1.29 is 8.42 Å². The number of aryl methyl sites for hydroxylation is 1. The van der Waals surface area contributed by atoms with Crippen LogP contribution < -0.4 is 10.5 Å². The van der Waals surface area contributed by atoms with Gasteiger partial charge in [0.05, 0.1) is 15.6 Å². The summed E-state index contributed by atoms with van der Waals surface area (Å²) in [5.74, 6) is 0. The Morgan fingerprint density at radius 1 is 1.43 bits per heavy atom. The van der Waals surface area contributed by atoms with E-state index in [0.717, 1.165) is 16.3 Å². The van der Waals surface area contributed by atoms with Crippen LogP contribution in [0.25, 0.3) is 0 Å². The highest BCUT2D eigenvalue weighted by molar-refractivity contribution is 9.10. The monoisotopic (exact) mass is 389 g/mol. The van der Waals surface area contributed by atoms with Crippen LogP contribution in [0.3, 0.4) is 0 Å². The summed E-state index contributed by atoms with van der Waals surface area (Å²) in [6.45, 7) is 2.61. The third kappa shape index (κ3) is 4.33. The van der Waals surface area contributed by atoms with Crippen molar-refractivity contribution >= 4 is 37.3 Å². The van der Waals surface area contributed by atoms with Gasteiger partial charge in [-0.1, -0.05) is 6.07 Å². The largest absolute Gasteiger partial charge is 0.326 e. The van der Waals surface area contributed by atoms with Crippen LogP contribution in [0.15, 0.2) is 32.9 Å². The van der Waals surface area contributed by atoms with Crippen molar-refractivity contribution in [3.05, 3.63) is 44.3 Å². The highest BCUT2D eigenvalue weighted by Gasteiger charge is 2.17. The average Bonchev–Trinajstić information content (AvgIpc) is 2.83. The zero-order chi connectivity index (χ0) is 15.5. The first-order valence-electron chi connectivity index (χ1n) is 6.31. The number of nitrogens with one attached hydrogen (secondary N) is 1. The number of hydrogen-bond acceptors (Lipinski definition) is 5. The summed E-state index contributed by atoms with van der Waals surface area (Å²) >= 11 is 4.84. The molecule has 1 heterocycles. The molecule has 0 aliphatic heterocycles. The summed E-state index contributed by atoms with van der Waals surface area (Å²) in [6, 6.07) is 4.99. The molecule has 8 heteroatoms. The number of sulfonamides is 1. The van der Waals surface area contributed by atoms with E-state index in [0.29, 0.717) is 24.0 Å². The molecule has 0 aliphatic carbocycles. The second-order valence-corrected chi connectivity index (χ2v) is 8.13. The molecule has 0 aliphatic rings. The normalized spacial score (nSPS) is 11.8. The SMILES string of the molecule is Cc1nc(CCNS(=O)(=O)c2ccc(CN)cc2Br)cs1. The highest BCUT2D eigenvalue weighted by atomic mass is 79.9. The van der Waals surface area contributed by atoms with E-state index in [4.69, 9.17) is 5.73 Å². The summed E-state index contributed by atoms with van der Waals surface area (Å²) < 4.78 is 27.6. The van der Waals surface area contributed by atoms with Crippen molar-refractivity contribution in [2.75, 3.05) is 6.54 Å². The van der Waals surface area contributed by atoms with Gasteiger partial charge in [0.15, 0.2) is 0 Å². The van der Waals surface area contributed by atoms with Crippen molar-refractivity contribution in [3.8, 4) is 0 Å². The maximum Gasteiger partial charge on any atom is 0.241 e. The molecule has 21 heavy (non-hydrogen) atoms. The lowest BCUT2D eigenvalue weighted by atomic mass is 10.2.